The molecule has 0 radical (unpaired) electrons. The number of carbonyl (C=O) groups is 2. The number of nitrogens with zero attached hydrogens (tertiary/aromatic N) is 1. The molecule has 0 spiro atoms. The molecule has 0 aliphatic rings. The summed E-state index contributed by atoms with van der Waals surface area (Å²) in [6.45, 7) is 1.38. The molecule has 0 unspecified atom stereocenters. The number of hydrogen-bond donors (Lipinski definition) is 2. The lowest BCUT2D eigenvalue weighted by molar-refractivity contribution is -0.119. The van der Waals surface area contributed by atoms with Crippen LogP contribution in [0.4, 0.5) is 4.39 Å². The summed E-state index contributed by atoms with van der Waals surface area (Å²) in [5.74, 6) is -2.28. The molecule has 0 aliphatic carbocycles. The van der Waals surface area contributed by atoms with Crippen LogP contribution in [0, 0.1) is 17.1 Å². The van der Waals surface area contributed by atoms with Gasteiger partial charge in [0.1, 0.15) is 11.9 Å². The Bertz CT molecular complexity index is 508. The SMILES string of the molecule is C[C@H](NC(=O)c1cc(C#N)ccc1F)C(N)=O. The van der Waals surface area contributed by atoms with Gasteiger partial charge in [0.25, 0.3) is 5.91 Å². The summed E-state index contributed by atoms with van der Waals surface area (Å²) in [4.78, 5) is 22.3. The molecule has 17 heavy (non-hydrogen) atoms. The second kappa shape index (κ2) is 5.07. The van der Waals surface area contributed by atoms with Gasteiger partial charge in [0, 0.05) is 0 Å². The largest absolute Gasteiger partial charge is 0.368 e. The van der Waals surface area contributed by atoms with Crippen molar-refractivity contribution < 1.29 is 14.0 Å². The molecule has 1 atom stereocenters. The molecule has 0 saturated carbocycles. The van der Waals surface area contributed by atoms with Crippen LogP contribution in [0.5, 0.6) is 0 Å². The van der Waals surface area contributed by atoms with Crippen LogP contribution in [-0.4, -0.2) is 17.9 Å². The quantitative estimate of drug-likeness (QED) is 0.788. The summed E-state index contributed by atoms with van der Waals surface area (Å²) < 4.78 is 13.3. The molecule has 5 nitrogen and oxygen atoms in total. The second-order valence-corrected chi connectivity index (χ2v) is 3.40. The predicted octanol–water partition coefficient (Wildman–Crippen LogP) is 0.301. The van der Waals surface area contributed by atoms with Crippen LogP contribution in [0.3, 0.4) is 0 Å². The van der Waals surface area contributed by atoms with Crippen LogP contribution < -0.4 is 11.1 Å². The third-order valence-electron chi connectivity index (χ3n) is 2.11. The van der Waals surface area contributed by atoms with E-state index in [4.69, 9.17) is 11.0 Å². The molecule has 88 valence electrons. The van der Waals surface area contributed by atoms with Crippen molar-refractivity contribution in [3.05, 3.63) is 35.1 Å². The van der Waals surface area contributed by atoms with Crippen molar-refractivity contribution in [3.63, 3.8) is 0 Å². The molecular formula is C11H10FN3O2. The van der Waals surface area contributed by atoms with Gasteiger partial charge in [-0.2, -0.15) is 5.26 Å². The molecule has 0 aromatic heterocycles. The van der Waals surface area contributed by atoms with E-state index in [1.807, 2.05) is 0 Å². The first-order valence-corrected chi connectivity index (χ1v) is 4.75. The fourth-order valence-electron chi connectivity index (χ4n) is 1.11. The Morgan fingerprint density at radius 3 is 2.71 bits per heavy atom. The second-order valence-electron chi connectivity index (χ2n) is 3.40. The highest BCUT2D eigenvalue weighted by molar-refractivity contribution is 5.97. The van der Waals surface area contributed by atoms with Gasteiger partial charge in [0.2, 0.25) is 5.91 Å². The maximum absolute atomic E-state index is 13.3. The average Bonchev–Trinajstić information content (AvgIpc) is 2.29. The first kappa shape index (κ1) is 12.6. The van der Waals surface area contributed by atoms with E-state index in [9.17, 15) is 14.0 Å². The van der Waals surface area contributed by atoms with Gasteiger partial charge >= 0.3 is 0 Å². The maximum atomic E-state index is 13.3. The Kier molecular flexibility index (Phi) is 3.78. The van der Waals surface area contributed by atoms with Gasteiger partial charge in [0.15, 0.2) is 0 Å². The molecule has 0 saturated heterocycles. The van der Waals surface area contributed by atoms with Gasteiger partial charge in [-0.25, -0.2) is 4.39 Å². The van der Waals surface area contributed by atoms with Crippen molar-refractivity contribution in [2.75, 3.05) is 0 Å². The van der Waals surface area contributed by atoms with E-state index in [-0.39, 0.29) is 11.1 Å². The van der Waals surface area contributed by atoms with E-state index in [1.165, 1.54) is 13.0 Å². The van der Waals surface area contributed by atoms with Gasteiger partial charge in [0.05, 0.1) is 17.2 Å². The number of amides is 2. The van der Waals surface area contributed by atoms with Gasteiger partial charge < -0.3 is 11.1 Å². The van der Waals surface area contributed by atoms with Gasteiger partial charge in [-0.1, -0.05) is 0 Å². The third kappa shape index (κ3) is 3.01. The Morgan fingerprint density at radius 2 is 2.18 bits per heavy atom. The zero-order valence-electron chi connectivity index (χ0n) is 9.03. The minimum Gasteiger partial charge on any atom is -0.368 e. The van der Waals surface area contributed by atoms with Crippen LogP contribution >= 0.6 is 0 Å². The number of primary amides is 1. The summed E-state index contributed by atoms with van der Waals surface area (Å²) >= 11 is 0. The highest BCUT2D eigenvalue weighted by Crippen LogP contribution is 2.10. The molecule has 0 heterocycles. The maximum Gasteiger partial charge on any atom is 0.254 e. The van der Waals surface area contributed by atoms with Crippen molar-refractivity contribution in [2.24, 2.45) is 5.73 Å². The standard InChI is InChI=1S/C11H10FN3O2/c1-6(10(14)16)15-11(17)8-4-7(5-13)2-3-9(8)12/h2-4,6H,1H3,(H2,14,16)(H,15,17)/t6-/m0/s1. The van der Waals surface area contributed by atoms with E-state index < -0.39 is 23.7 Å². The number of nitrogens with two attached hydrogens (primary N) is 1. The molecule has 3 N–H and O–H groups in total. The van der Waals surface area contributed by atoms with Gasteiger partial charge in [-0.05, 0) is 25.1 Å². The first-order chi connectivity index (χ1) is 7.95. The minimum atomic E-state index is -0.910. The number of rotatable bonds is 3. The normalized spacial score (nSPS) is 11.4. The number of hydrogen-bond acceptors (Lipinski definition) is 3. The number of carbonyl (C=O) groups excluding carboxylic acids is 2. The molecule has 1 aromatic rings. The Labute approximate surface area is 97.0 Å². The zero-order valence-corrected chi connectivity index (χ0v) is 9.03. The molecular weight excluding hydrogens is 225 g/mol. The summed E-state index contributed by atoms with van der Waals surface area (Å²) in [7, 11) is 0. The van der Waals surface area contributed by atoms with Gasteiger partial charge in [-0.15, -0.1) is 0 Å². The molecule has 6 heteroatoms. The van der Waals surface area contributed by atoms with Crippen molar-refractivity contribution in [3.8, 4) is 6.07 Å². The Hall–Kier alpha value is -2.42. The Morgan fingerprint density at radius 1 is 1.53 bits per heavy atom. The highest BCUT2D eigenvalue weighted by atomic mass is 19.1. The van der Waals surface area contributed by atoms with Crippen LogP contribution in [0.2, 0.25) is 0 Å². The molecule has 2 amide bonds. The summed E-state index contributed by atoms with van der Waals surface area (Å²) in [6.07, 6.45) is 0. The fourth-order valence-corrected chi connectivity index (χ4v) is 1.11. The number of nitriles is 1. The fraction of sp³-hybridized carbons (Fsp3) is 0.182. The van der Waals surface area contributed by atoms with Crippen LogP contribution in [-0.2, 0) is 4.79 Å². The van der Waals surface area contributed by atoms with E-state index in [0.29, 0.717) is 0 Å². The molecule has 0 fully saturated rings. The van der Waals surface area contributed by atoms with E-state index in [0.717, 1.165) is 12.1 Å². The van der Waals surface area contributed by atoms with Gasteiger partial charge in [-0.3, -0.25) is 9.59 Å². The first-order valence-electron chi connectivity index (χ1n) is 4.75. The monoisotopic (exact) mass is 235 g/mol. The zero-order chi connectivity index (χ0) is 13.0. The summed E-state index contributed by atoms with van der Waals surface area (Å²) in [5.41, 5.74) is 4.82. The van der Waals surface area contributed by atoms with E-state index >= 15 is 0 Å². The van der Waals surface area contributed by atoms with Crippen LogP contribution in [0.15, 0.2) is 18.2 Å². The van der Waals surface area contributed by atoms with Crippen molar-refractivity contribution >= 4 is 11.8 Å². The molecule has 1 rings (SSSR count). The van der Waals surface area contributed by atoms with Crippen LogP contribution in [0.25, 0.3) is 0 Å². The number of nitrogens with one attached hydrogen (secondary N) is 1. The summed E-state index contributed by atoms with van der Waals surface area (Å²) in [6, 6.07) is 4.26. The smallest absolute Gasteiger partial charge is 0.254 e. The minimum absolute atomic E-state index is 0.156. The lowest BCUT2D eigenvalue weighted by Crippen LogP contribution is -2.42. The average molecular weight is 235 g/mol. The Balaban J connectivity index is 2.97. The predicted molar refractivity (Wildman–Crippen MR) is 57.2 cm³/mol. The lowest BCUT2D eigenvalue weighted by Gasteiger charge is -2.10. The molecule has 0 bridgehead atoms. The topological polar surface area (TPSA) is 96.0 Å². The summed E-state index contributed by atoms with van der Waals surface area (Å²) in [5, 5.41) is 10.9. The van der Waals surface area contributed by atoms with E-state index in [1.54, 1.807) is 6.07 Å². The molecule has 0 aliphatic heterocycles. The third-order valence-corrected chi connectivity index (χ3v) is 2.11. The molecule has 1 aromatic carbocycles. The van der Waals surface area contributed by atoms with Crippen LogP contribution in [0.1, 0.15) is 22.8 Å². The lowest BCUT2D eigenvalue weighted by atomic mass is 10.1. The van der Waals surface area contributed by atoms with Crippen molar-refractivity contribution in [1.29, 1.82) is 5.26 Å². The van der Waals surface area contributed by atoms with Crippen molar-refractivity contribution in [2.45, 2.75) is 13.0 Å². The van der Waals surface area contributed by atoms with Crippen molar-refractivity contribution in [1.82, 2.24) is 5.32 Å². The number of benzene rings is 1. The van der Waals surface area contributed by atoms with E-state index in [2.05, 4.69) is 5.32 Å². The highest BCUT2D eigenvalue weighted by Gasteiger charge is 2.17. The number of halogens is 1.